The minimum Gasteiger partial charge on any atom is -0.480 e. The molecule has 5 heteroatoms. The van der Waals surface area contributed by atoms with Gasteiger partial charge >= 0.3 is 5.97 Å². The molecule has 5 nitrogen and oxygen atoms in total. The fraction of sp³-hybridized carbons (Fsp3) is 0.929. The van der Waals surface area contributed by atoms with Crippen LogP contribution in [0.4, 0.5) is 0 Å². The third kappa shape index (κ3) is 5.89. The van der Waals surface area contributed by atoms with Gasteiger partial charge in [-0.1, -0.05) is 6.92 Å². The molecule has 1 aliphatic rings. The van der Waals surface area contributed by atoms with Gasteiger partial charge in [-0.15, -0.1) is 0 Å². The van der Waals surface area contributed by atoms with Crippen molar-refractivity contribution >= 4 is 5.97 Å². The van der Waals surface area contributed by atoms with Gasteiger partial charge in [0.15, 0.2) is 0 Å². The Morgan fingerprint density at radius 3 is 2.53 bits per heavy atom. The molecule has 0 heterocycles. The average Bonchev–Trinajstić information content (AvgIpc) is 2.27. The molecular weight excluding hydrogens is 244 g/mol. The summed E-state index contributed by atoms with van der Waals surface area (Å²) >= 11 is 0. The third-order valence-corrected chi connectivity index (χ3v) is 3.57. The number of carboxylic acid groups (broad SMARTS) is 1. The topological polar surface area (TPSA) is 61.8 Å². The summed E-state index contributed by atoms with van der Waals surface area (Å²) in [4.78, 5) is 12.8. The second-order valence-corrected chi connectivity index (χ2v) is 5.73. The summed E-state index contributed by atoms with van der Waals surface area (Å²) in [6.07, 6.45) is 2.34. The van der Waals surface area contributed by atoms with Gasteiger partial charge in [-0.3, -0.25) is 9.69 Å². The molecule has 1 aliphatic carbocycles. The molecule has 0 aromatic carbocycles. The number of hydrogen-bond acceptors (Lipinski definition) is 4. The van der Waals surface area contributed by atoms with Gasteiger partial charge in [-0.2, -0.15) is 0 Å². The van der Waals surface area contributed by atoms with Crippen LogP contribution in [0.1, 0.15) is 40.5 Å². The molecule has 0 spiro atoms. The normalized spacial score (nSPS) is 24.5. The molecule has 0 aromatic rings. The monoisotopic (exact) mass is 272 g/mol. The lowest BCUT2D eigenvalue weighted by Crippen LogP contribution is -2.55. The van der Waals surface area contributed by atoms with Gasteiger partial charge < -0.3 is 15.2 Å². The fourth-order valence-electron chi connectivity index (χ4n) is 2.48. The van der Waals surface area contributed by atoms with Gasteiger partial charge in [-0.05, 0) is 40.2 Å². The lowest BCUT2D eigenvalue weighted by Gasteiger charge is -2.43. The van der Waals surface area contributed by atoms with E-state index in [2.05, 4.69) is 12.2 Å². The lowest BCUT2D eigenvalue weighted by molar-refractivity contribution is -0.139. The number of rotatable bonds is 9. The molecule has 0 bridgehead atoms. The highest BCUT2D eigenvalue weighted by atomic mass is 16.5. The Morgan fingerprint density at radius 2 is 2.05 bits per heavy atom. The zero-order chi connectivity index (χ0) is 14.4. The molecule has 2 N–H and O–H groups in total. The van der Waals surface area contributed by atoms with Crippen LogP contribution in [0.5, 0.6) is 0 Å². The van der Waals surface area contributed by atoms with Crippen LogP contribution in [-0.2, 0) is 9.53 Å². The smallest absolute Gasteiger partial charge is 0.317 e. The fourth-order valence-corrected chi connectivity index (χ4v) is 2.48. The number of likely N-dealkylation sites (N-methyl/N-ethyl adjacent to an activating group) is 1. The van der Waals surface area contributed by atoms with Crippen LogP contribution in [-0.4, -0.2) is 59.9 Å². The highest BCUT2D eigenvalue weighted by molar-refractivity contribution is 5.69. The quantitative estimate of drug-likeness (QED) is 0.663. The van der Waals surface area contributed by atoms with E-state index in [-0.39, 0.29) is 12.6 Å². The van der Waals surface area contributed by atoms with E-state index in [9.17, 15) is 4.79 Å². The van der Waals surface area contributed by atoms with E-state index in [1.807, 2.05) is 25.7 Å². The number of aliphatic carboxylic acids is 1. The molecule has 0 aliphatic heterocycles. The maximum atomic E-state index is 10.7. The number of carboxylic acids is 1. The Morgan fingerprint density at radius 1 is 1.42 bits per heavy atom. The molecule has 0 radical (unpaired) electrons. The standard InChI is InChI=1S/C14H28N2O3/c1-5-16(8-14(17)18)13-6-12(7-13)15-11(4)9-19-10(2)3/h10-13,15H,5-9H2,1-4H3,(H,17,18). The first-order valence-electron chi connectivity index (χ1n) is 7.25. The maximum Gasteiger partial charge on any atom is 0.317 e. The molecule has 1 atom stereocenters. The predicted octanol–water partition coefficient (Wildman–Crippen LogP) is 1.33. The Hall–Kier alpha value is -0.650. The Labute approximate surface area is 116 Å². The average molecular weight is 272 g/mol. The van der Waals surface area contributed by atoms with Crippen LogP contribution in [0, 0.1) is 0 Å². The van der Waals surface area contributed by atoms with Crippen LogP contribution in [0.15, 0.2) is 0 Å². The molecule has 19 heavy (non-hydrogen) atoms. The van der Waals surface area contributed by atoms with Crippen molar-refractivity contribution in [3.63, 3.8) is 0 Å². The van der Waals surface area contributed by atoms with E-state index >= 15 is 0 Å². The minimum absolute atomic E-state index is 0.153. The number of nitrogens with one attached hydrogen (secondary N) is 1. The highest BCUT2D eigenvalue weighted by Gasteiger charge is 2.34. The van der Waals surface area contributed by atoms with Crippen molar-refractivity contribution in [1.29, 1.82) is 0 Å². The van der Waals surface area contributed by atoms with Crippen molar-refractivity contribution in [3.8, 4) is 0 Å². The lowest BCUT2D eigenvalue weighted by atomic mass is 9.85. The summed E-state index contributed by atoms with van der Waals surface area (Å²) < 4.78 is 5.57. The molecule has 0 aromatic heterocycles. The van der Waals surface area contributed by atoms with Gasteiger partial charge in [0.1, 0.15) is 0 Å². The summed E-state index contributed by atoms with van der Waals surface area (Å²) in [5, 5.41) is 12.4. The van der Waals surface area contributed by atoms with E-state index in [0.29, 0.717) is 18.1 Å². The Bertz CT molecular complexity index is 278. The van der Waals surface area contributed by atoms with Crippen LogP contribution in [0.25, 0.3) is 0 Å². The summed E-state index contributed by atoms with van der Waals surface area (Å²) in [5.41, 5.74) is 0. The molecule has 112 valence electrons. The van der Waals surface area contributed by atoms with Crippen LogP contribution in [0.3, 0.4) is 0 Å². The molecule has 1 fully saturated rings. The molecule has 1 rings (SSSR count). The summed E-state index contributed by atoms with van der Waals surface area (Å²) in [6.45, 7) is 9.91. The van der Waals surface area contributed by atoms with Crippen molar-refractivity contribution in [2.75, 3.05) is 19.7 Å². The van der Waals surface area contributed by atoms with Crippen molar-refractivity contribution < 1.29 is 14.6 Å². The van der Waals surface area contributed by atoms with E-state index in [4.69, 9.17) is 9.84 Å². The Kier molecular flexibility index (Phi) is 6.75. The zero-order valence-corrected chi connectivity index (χ0v) is 12.6. The summed E-state index contributed by atoms with van der Waals surface area (Å²) in [6, 6.07) is 1.26. The van der Waals surface area contributed by atoms with Gasteiger partial charge in [0.2, 0.25) is 0 Å². The first-order valence-corrected chi connectivity index (χ1v) is 7.25. The second kappa shape index (κ2) is 7.82. The zero-order valence-electron chi connectivity index (χ0n) is 12.6. The number of carbonyl (C=O) groups is 1. The van der Waals surface area contributed by atoms with Crippen LogP contribution in [0.2, 0.25) is 0 Å². The minimum atomic E-state index is -0.739. The molecule has 0 amide bonds. The molecule has 1 saturated carbocycles. The Balaban J connectivity index is 2.19. The van der Waals surface area contributed by atoms with E-state index < -0.39 is 5.97 Å². The SMILES string of the molecule is CCN(CC(=O)O)C1CC(NC(C)COC(C)C)C1. The third-order valence-electron chi connectivity index (χ3n) is 3.57. The molecule has 1 unspecified atom stereocenters. The van der Waals surface area contributed by atoms with Crippen molar-refractivity contribution in [2.45, 2.75) is 64.8 Å². The van der Waals surface area contributed by atoms with E-state index in [1.54, 1.807) is 0 Å². The van der Waals surface area contributed by atoms with Gasteiger partial charge in [0, 0.05) is 18.1 Å². The largest absolute Gasteiger partial charge is 0.480 e. The second-order valence-electron chi connectivity index (χ2n) is 5.73. The van der Waals surface area contributed by atoms with Gasteiger partial charge in [0.25, 0.3) is 0 Å². The number of ether oxygens (including phenoxy) is 1. The maximum absolute atomic E-state index is 10.7. The van der Waals surface area contributed by atoms with Crippen molar-refractivity contribution in [1.82, 2.24) is 10.2 Å². The van der Waals surface area contributed by atoms with Gasteiger partial charge in [-0.25, -0.2) is 0 Å². The van der Waals surface area contributed by atoms with Crippen molar-refractivity contribution in [2.24, 2.45) is 0 Å². The predicted molar refractivity (Wildman–Crippen MR) is 75.4 cm³/mol. The molecular formula is C14H28N2O3. The van der Waals surface area contributed by atoms with Crippen molar-refractivity contribution in [3.05, 3.63) is 0 Å². The van der Waals surface area contributed by atoms with Crippen LogP contribution < -0.4 is 5.32 Å². The molecule has 0 saturated heterocycles. The first kappa shape index (κ1) is 16.4. The number of nitrogens with zero attached hydrogens (tertiary/aromatic N) is 1. The number of hydrogen-bond donors (Lipinski definition) is 2. The van der Waals surface area contributed by atoms with E-state index in [0.717, 1.165) is 26.0 Å². The van der Waals surface area contributed by atoms with Gasteiger partial charge in [0.05, 0.1) is 19.3 Å². The summed E-state index contributed by atoms with van der Waals surface area (Å²) in [7, 11) is 0. The first-order chi connectivity index (χ1) is 8.92. The summed E-state index contributed by atoms with van der Waals surface area (Å²) in [5.74, 6) is -0.739. The highest BCUT2D eigenvalue weighted by Crippen LogP contribution is 2.25. The van der Waals surface area contributed by atoms with Crippen LogP contribution >= 0.6 is 0 Å². The van der Waals surface area contributed by atoms with E-state index in [1.165, 1.54) is 0 Å².